The first-order valence-electron chi connectivity index (χ1n) is 7.75. The second-order valence-electron chi connectivity index (χ2n) is 5.91. The summed E-state index contributed by atoms with van der Waals surface area (Å²) < 4.78 is 34.6. The first-order valence-corrected chi connectivity index (χ1v) is 9.57. The summed E-state index contributed by atoms with van der Waals surface area (Å²) in [7, 11) is -0.360. The van der Waals surface area contributed by atoms with E-state index >= 15 is 0 Å². The van der Waals surface area contributed by atoms with Gasteiger partial charge in [0.05, 0.1) is 12.8 Å². The molecular formula is C16H20ClN3O3S. The number of methoxy groups -OCH3 is 1. The van der Waals surface area contributed by atoms with Crippen LogP contribution in [0.2, 0.25) is 5.02 Å². The zero-order chi connectivity index (χ0) is 17.3. The molecule has 24 heavy (non-hydrogen) atoms. The smallest absolute Gasteiger partial charge is 0.246 e. The van der Waals surface area contributed by atoms with Crippen LogP contribution in [0, 0.1) is 0 Å². The summed E-state index contributed by atoms with van der Waals surface area (Å²) in [5, 5.41) is 4.79. The van der Waals surface area contributed by atoms with Gasteiger partial charge in [0.25, 0.3) is 0 Å². The van der Waals surface area contributed by atoms with Gasteiger partial charge in [0, 0.05) is 37.3 Å². The van der Waals surface area contributed by atoms with E-state index in [1.54, 1.807) is 16.8 Å². The quantitative estimate of drug-likeness (QED) is 0.831. The third-order valence-corrected chi connectivity index (χ3v) is 6.40. The van der Waals surface area contributed by atoms with E-state index in [1.807, 2.05) is 19.3 Å². The largest absolute Gasteiger partial charge is 0.495 e. The number of nitrogens with zero attached hydrogens (tertiary/aromatic N) is 3. The number of piperidine rings is 1. The van der Waals surface area contributed by atoms with Gasteiger partial charge in [0.15, 0.2) is 0 Å². The van der Waals surface area contributed by atoms with Gasteiger partial charge in [-0.3, -0.25) is 4.68 Å². The molecule has 0 spiro atoms. The van der Waals surface area contributed by atoms with E-state index in [1.165, 1.54) is 17.5 Å². The Kier molecular flexibility index (Phi) is 4.85. The first kappa shape index (κ1) is 17.3. The summed E-state index contributed by atoms with van der Waals surface area (Å²) in [5.41, 5.74) is 0.926. The highest BCUT2D eigenvalue weighted by Crippen LogP contribution is 2.33. The molecule has 0 radical (unpaired) electrons. The summed E-state index contributed by atoms with van der Waals surface area (Å²) in [6, 6.07) is 6.59. The van der Waals surface area contributed by atoms with Crippen LogP contribution in [-0.2, 0) is 17.1 Å². The Hall–Kier alpha value is -1.57. The normalized spacial score (nSPS) is 19.4. The molecule has 1 aromatic carbocycles. The maximum atomic E-state index is 13.1. The second kappa shape index (κ2) is 6.74. The number of sulfonamides is 1. The van der Waals surface area contributed by atoms with Gasteiger partial charge in [-0.1, -0.05) is 11.6 Å². The number of aryl methyl sites for hydroxylation is 1. The highest BCUT2D eigenvalue weighted by Gasteiger charge is 2.33. The lowest BCUT2D eigenvalue weighted by Gasteiger charge is -2.31. The molecule has 1 fully saturated rings. The topological polar surface area (TPSA) is 64.4 Å². The molecule has 2 aromatic rings. The third kappa shape index (κ3) is 3.29. The van der Waals surface area contributed by atoms with Crippen molar-refractivity contribution in [2.24, 2.45) is 7.05 Å². The van der Waals surface area contributed by atoms with Crippen molar-refractivity contribution in [2.75, 3.05) is 20.2 Å². The van der Waals surface area contributed by atoms with Gasteiger partial charge in [0.1, 0.15) is 10.6 Å². The molecule has 0 bridgehead atoms. The van der Waals surface area contributed by atoms with Gasteiger partial charge in [-0.15, -0.1) is 0 Å². The average Bonchev–Trinajstić information content (AvgIpc) is 3.01. The number of rotatable bonds is 4. The highest BCUT2D eigenvalue weighted by atomic mass is 35.5. The van der Waals surface area contributed by atoms with Gasteiger partial charge in [-0.05, 0) is 37.1 Å². The summed E-state index contributed by atoms with van der Waals surface area (Å²) in [6.07, 6.45) is 3.60. The van der Waals surface area contributed by atoms with Crippen LogP contribution >= 0.6 is 11.6 Å². The van der Waals surface area contributed by atoms with Crippen LogP contribution in [0.3, 0.4) is 0 Å². The van der Waals surface area contributed by atoms with Crippen molar-refractivity contribution in [2.45, 2.75) is 23.7 Å². The molecule has 0 N–H and O–H groups in total. The van der Waals surface area contributed by atoms with Crippen LogP contribution in [-0.4, -0.2) is 42.7 Å². The van der Waals surface area contributed by atoms with Gasteiger partial charge in [0.2, 0.25) is 10.0 Å². The minimum Gasteiger partial charge on any atom is -0.495 e. The lowest BCUT2D eigenvalue weighted by molar-refractivity contribution is 0.310. The molecule has 0 aliphatic carbocycles. The van der Waals surface area contributed by atoms with Crippen molar-refractivity contribution in [1.29, 1.82) is 0 Å². The van der Waals surface area contributed by atoms with E-state index in [4.69, 9.17) is 16.3 Å². The molecule has 130 valence electrons. The van der Waals surface area contributed by atoms with Crippen molar-refractivity contribution < 1.29 is 13.2 Å². The Balaban J connectivity index is 1.91. The maximum Gasteiger partial charge on any atom is 0.246 e. The zero-order valence-electron chi connectivity index (χ0n) is 13.6. The predicted molar refractivity (Wildman–Crippen MR) is 91.9 cm³/mol. The monoisotopic (exact) mass is 369 g/mol. The summed E-state index contributed by atoms with van der Waals surface area (Å²) in [4.78, 5) is 0.110. The van der Waals surface area contributed by atoms with Crippen LogP contribution in [0.4, 0.5) is 0 Å². The van der Waals surface area contributed by atoms with E-state index in [2.05, 4.69) is 5.10 Å². The van der Waals surface area contributed by atoms with Crippen molar-refractivity contribution in [3.63, 3.8) is 0 Å². The van der Waals surface area contributed by atoms with Gasteiger partial charge in [-0.2, -0.15) is 9.40 Å². The lowest BCUT2D eigenvalue weighted by atomic mass is 9.96. The van der Waals surface area contributed by atoms with Crippen LogP contribution in [0.15, 0.2) is 35.4 Å². The van der Waals surface area contributed by atoms with E-state index in [9.17, 15) is 8.42 Å². The van der Waals surface area contributed by atoms with E-state index < -0.39 is 10.0 Å². The number of halogens is 1. The minimum atomic E-state index is -3.67. The molecule has 1 aliphatic rings. The fourth-order valence-electron chi connectivity index (χ4n) is 3.04. The second-order valence-corrected chi connectivity index (χ2v) is 8.25. The number of aromatic nitrogens is 2. The molecule has 0 amide bonds. The van der Waals surface area contributed by atoms with Crippen molar-refractivity contribution in [3.05, 3.63) is 41.2 Å². The number of benzene rings is 1. The van der Waals surface area contributed by atoms with E-state index in [-0.39, 0.29) is 10.8 Å². The Morgan fingerprint density at radius 1 is 1.33 bits per heavy atom. The Bertz CT molecular complexity index is 835. The molecule has 6 nitrogen and oxygen atoms in total. The zero-order valence-corrected chi connectivity index (χ0v) is 15.2. The van der Waals surface area contributed by atoms with Gasteiger partial charge in [-0.25, -0.2) is 8.42 Å². The van der Waals surface area contributed by atoms with E-state index in [0.717, 1.165) is 18.5 Å². The molecule has 0 saturated carbocycles. The number of hydrogen-bond acceptors (Lipinski definition) is 4. The minimum absolute atomic E-state index is 0.0971. The van der Waals surface area contributed by atoms with Crippen LogP contribution in [0.25, 0.3) is 0 Å². The maximum absolute atomic E-state index is 13.1. The van der Waals surface area contributed by atoms with Crippen molar-refractivity contribution in [1.82, 2.24) is 14.1 Å². The molecule has 0 unspecified atom stereocenters. The third-order valence-electron chi connectivity index (χ3n) is 4.28. The average molecular weight is 370 g/mol. The highest BCUT2D eigenvalue weighted by molar-refractivity contribution is 7.89. The SMILES string of the molecule is COc1ccc(Cl)cc1S(=O)(=O)N1CCC[C@@H](c2ccn(C)n2)C1. The van der Waals surface area contributed by atoms with Gasteiger partial charge < -0.3 is 4.74 Å². The molecule has 8 heteroatoms. The molecule has 1 aliphatic heterocycles. The number of ether oxygens (including phenoxy) is 1. The van der Waals surface area contributed by atoms with E-state index in [0.29, 0.717) is 23.9 Å². The molecule has 1 saturated heterocycles. The molecule has 3 rings (SSSR count). The number of hydrogen-bond donors (Lipinski definition) is 0. The Morgan fingerprint density at radius 3 is 2.79 bits per heavy atom. The summed E-state index contributed by atoms with van der Waals surface area (Å²) >= 11 is 5.99. The van der Waals surface area contributed by atoms with Crippen LogP contribution < -0.4 is 4.74 Å². The standard InChI is InChI=1S/C16H20ClN3O3S/c1-19-9-7-14(18-19)12-4-3-8-20(11-12)24(21,22)16-10-13(17)5-6-15(16)23-2/h5-7,9-10,12H,3-4,8,11H2,1-2H3/t12-/m1/s1. The molecular weight excluding hydrogens is 350 g/mol. The van der Waals surface area contributed by atoms with Gasteiger partial charge >= 0.3 is 0 Å². The molecule has 2 heterocycles. The van der Waals surface area contributed by atoms with Crippen LogP contribution in [0.5, 0.6) is 5.75 Å². The molecule has 1 aromatic heterocycles. The van der Waals surface area contributed by atoms with Crippen molar-refractivity contribution in [3.8, 4) is 5.75 Å². The fraction of sp³-hybridized carbons (Fsp3) is 0.438. The Morgan fingerprint density at radius 2 is 2.12 bits per heavy atom. The predicted octanol–water partition coefficient (Wildman–Crippen LogP) is 2.65. The van der Waals surface area contributed by atoms with Crippen LogP contribution in [0.1, 0.15) is 24.5 Å². The Labute approximate surface area is 147 Å². The molecule has 1 atom stereocenters. The van der Waals surface area contributed by atoms with Crippen molar-refractivity contribution >= 4 is 21.6 Å². The summed E-state index contributed by atoms with van der Waals surface area (Å²) in [6.45, 7) is 0.899. The lowest BCUT2D eigenvalue weighted by Crippen LogP contribution is -2.39. The fourth-order valence-corrected chi connectivity index (χ4v) is 4.99. The first-order chi connectivity index (χ1) is 11.4. The summed E-state index contributed by atoms with van der Waals surface area (Å²) in [5.74, 6) is 0.402.